The van der Waals surface area contributed by atoms with E-state index in [1.54, 1.807) is 11.6 Å². The fraction of sp³-hybridized carbons (Fsp3) is 0.471. The number of hydrogen-bond acceptors (Lipinski definition) is 3. The molecule has 114 valence electrons. The number of aryl methyl sites for hydroxylation is 2. The van der Waals surface area contributed by atoms with Gasteiger partial charge in [-0.2, -0.15) is 5.10 Å². The molecule has 1 aromatic carbocycles. The van der Waals surface area contributed by atoms with Crippen molar-refractivity contribution in [2.45, 2.75) is 51.7 Å². The summed E-state index contributed by atoms with van der Waals surface area (Å²) in [7, 11) is 0. The number of aliphatic hydroxyl groups excluding tert-OH is 1. The molecule has 0 aliphatic carbocycles. The minimum atomic E-state index is -0.465. The summed E-state index contributed by atoms with van der Waals surface area (Å²) < 4.78 is 1.79. The first-order valence-electron chi connectivity index (χ1n) is 7.67. The molecule has 4 heteroatoms. The van der Waals surface area contributed by atoms with Gasteiger partial charge in [-0.25, -0.2) is 4.68 Å². The molecule has 1 heterocycles. The van der Waals surface area contributed by atoms with Crippen LogP contribution in [0.4, 0.5) is 5.82 Å². The minimum absolute atomic E-state index is 0.0611. The summed E-state index contributed by atoms with van der Waals surface area (Å²) in [6.07, 6.45) is 3.26. The van der Waals surface area contributed by atoms with Gasteiger partial charge in [0.2, 0.25) is 0 Å². The van der Waals surface area contributed by atoms with Crippen molar-refractivity contribution in [1.82, 2.24) is 9.78 Å². The Kier molecular flexibility index (Phi) is 5.39. The van der Waals surface area contributed by atoms with Crippen molar-refractivity contribution in [3.05, 3.63) is 47.7 Å². The third kappa shape index (κ3) is 4.08. The molecule has 2 aromatic rings. The van der Waals surface area contributed by atoms with Gasteiger partial charge in [0.1, 0.15) is 5.82 Å². The van der Waals surface area contributed by atoms with Crippen molar-refractivity contribution >= 4 is 5.82 Å². The van der Waals surface area contributed by atoms with E-state index >= 15 is 0 Å². The standard InChI is InChI=1S/C17H25N3O/c1-3-15-12-17(18)20(19-15)16(13(2)21)11-7-10-14-8-5-4-6-9-14/h4-6,8-9,12-13,16,21H,3,7,10-11,18H2,1-2H3. The molecule has 0 aliphatic rings. The second-order valence-electron chi connectivity index (χ2n) is 5.54. The van der Waals surface area contributed by atoms with Crippen LogP contribution < -0.4 is 5.73 Å². The van der Waals surface area contributed by atoms with Crippen molar-refractivity contribution in [1.29, 1.82) is 0 Å². The lowest BCUT2D eigenvalue weighted by atomic mass is 10.0. The fourth-order valence-electron chi connectivity index (χ4n) is 2.63. The first-order valence-corrected chi connectivity index (χ1v) is 7.67. The Labute approximate surface area is 126 Å². The van der Waals surface area contributed by atoms with Crippen LogP contribution in [0.3, 0.4) is 0 Å². The number of nitrogens with zero attached hydrogens (tertiary/aromatic N) is 2. The zero-order valence-corrected chi connectivity index (χ0v) is 12.9. The van der Waals surface area contributed by atoms with Gasteiger partial charge < -0.3 is 10.8 Å². The highest BCUT2D eigenvalue weighted by molar-refractivity contribution is 5.31. The number of anilines is 1. The summed E-state index contributed by atoms with van der Waals surface area (Å²) in [4.78, 5) is 0. The SMILES string of the molecule is CCc1cc(N)n(C(CCCc2ccccc2)C(C)O)n1. The maximum Gasteiger partial charge on any atom is 0.122 e. The third-order valence-corrected chi connectivity index (χ3v) is 3.86. The summed E-state index contributed by atoms with van der Waals surface area (Å²) in [5, 5.41) is 14.6. The number of rotatable bonds is 7. The molecule has 0 bridgehead atoms. The fourth-order valence-corrected chi connectivity index (χ4v) is 2.63. The predicted octanol–water partition coefficient (Wildman–Crippen LogP) is 2.97. The van der Waals surface area contributed by atoms with Gasteiger partial charge in [0, 0.05) is 6.07 Å². The monoisotopic (exact) mass is 287 g/mol. The Morgan fingerprint density at radius 3 is 2.57 bits per heavy atom. The highest BCUT2D eigenvalue weighted by atomic mass is 16.3. The van der Waals surface area contributed by atoms with E-state index in [1.807, 2.05) is 12.1 Å². The molecule has 0 aliphatic heterocycles. The molecular formula is C17H25N3O. The number of benzene rings is 1. The number of nitrogens with two attached hydrogens (primary N) is 1. The van der Waals surface area contributed by atoms with Crippen molar-refractivity contribution in [2.75, 3.05) is 5.73 Å². The Balaban J connectivity index is 2.00. The van der Waals surface area contributed by atoms with Crippen LogP contribution in [0, 0.1) is 0 Å². The smallest absolute Gasteiger partial charge is 0.122 e. The van der Waals surface area contributed by atoms with Gasteiger partial charge in [0.15, 0.2) is 0 Å². The molecule has 0 spiro atoms. The zero-order valence-electron chi connectivity index (χ0n) is 12.9. The number of nitrogen functional groups attached to an aromatic ring is 1. The van der Waals surface area contributed by atoms with Crippen molar-refractivity contribution < 1.29 is 5.11 Å². The Hall–Kier alpha value is -1.81. The lowest BCUT2D eigenvalue weighted by Gasteiger charge is -2.21. The first kappa shape index (κ1) is 15.6. The number of aliphatic hydroxyl groups is 1. The second kappa shape index (κ2) is 7.27. The van der Waals surface area contributed by atoms with Gasteiger partial charge >= 0.3 is 0 Å². The third-order valence-electron chi connectivity index (χ3n) is 3.86. The van der Waals surface area contributed by atoms with Crippen LogP contribution in [0.1, 0.15) is 44.0 Å². The molecule has 0 saturated heterocycles. The minimum Gasteiger partial charge on any atom is -0.391 e. The Bertz CT molecular complexity index is 548. The average molecular weight is 287 g/mol. The van der Waals surface area contributed by atoms with E-state index in [1.165, 1.54) is 5.56 Å². The Morgan fingerprint density at radius 2 is 2.00 bits per heavy atom. The predicted molar refractivity (Wildman–Crippen MR) is 86.1 cm³/mol. The molecule has 2 unspecified atom stereocenters. The van der Waals surface area contributed by atoms with Crippen LogP contribution in [-0.4, -0.2) is 21.0 Å². The highest BCUT2D eigenvalue weighted by Gasteiger charge is 2.20. The molecule has 2 atom stereocenters. The molecule has 0 fully saturated rings. The topological polar surface area (TPSA) is 64.1 Å². The molecular weight excluding hydrogens is 262 g/mol. The molecule has 1 aromatic heterocycles. The van der Waals surface area contributed by atoms with E-state index in [-0.39, 0.29) is 6.04 Å². The first-order chi connectivity index (χ1) is 10.1. The summed E-state index contributed by atoms with van der Waals surface area (Å²) in [5.41, 5.74) is 8.32. The van der Waals surface area contributed by atoms with E-state index in [9.17, 15) is 5.11 Å². The van der Waals surface area contributed by atoms with Gasteiger partial charge in [-0.05, 0) is 38.2 Å². The molecule has 0 radical (unpaired) electrons. The second-order valence-corrected chi connectivity index (χ2v) is 5.54. The van der Waals surface area contributed by atoms with Crippen LogP contribution in [0.25, 0.3) is 0 Å². The van der Waals surface area contributed by atoms with Crippen molar-refractivity contribution in [2.24, 2.45) is 0 Å². The van der Waals surface area contributed by atoms with E-state index in [2.05, 4.69) is 36.3 Å². The van der Waals surface area contributed by atoms with Gasteiger partial charge in [0.05, 0.1) is 17.8 Å². The van der Waals surface area contributed by atoms with E-state index in [0.717, 1.165) is 31.4 Å². The summed E-state index contributed by atoms with van der Waals surface area (Å²) in [6.45, 7) is 3.86. The van der Waals surface area contributed by atoms with Gasteiger partial charge in [-0.1, -0.05) is 37.3 Å². The Morgan fingerprint density at radius 1 is 1.29 bits per heavy atom. The highest BCUT2D eigenvalue weighted by Crippen LogP contribution is 2.23. The maximum absolute atomic E-state index is 10.1. The van der Waals surface area contributed by atoms with Crippen LogP contribution in [0.2, 0.25) is 0 Å². The van der Waals surface area contributed by atoms with Crippen LogP contribution in [-0.2, 0) is 12.8 Å². The lowest BCUT2D eigenvalue weighted by molar-refractivity contribution is 0.117. The number of aromatic nitrogens is 2. The summed E-state index contributed by atoms with van der Waals surface area (Å²) in [6, 6.07) is 12.2. The average Bonchev–Trinajstić information content (AvgIpc) is 2.85. The lowest BCUT2D eigenvalue weighted by Crippen LogP contribution is -2.24. The molecule has 4 nitrogen and oxygen atoms in total. The van der Waals surface area contributed by atoms with Crippen molar-refractivity contribution in [3.63, 3.8) is 0 Å². The van der Waals surface area contributed by atoms with Crippen LogP contribution >= 0.6 is 0 Å². The quantitative estimate of drug-likeness (QED) is 0.823. The van der Waals surface area contributed by atoms with Gasteiger partial charge in [-0.15, -0.1) is 0 Å². The normalized spacial score (nSPS) is 14.0. The van der Waals surface area contributed by atoms with E-state index in [4.69, 9.17) is 5.73 Å². The number of hydrogen-bond donors (Lipinski definition) is 2. The summed E-state index contributed by atoms with van der Waals surface area (Å²) in [5.74, 6) is 0.637. The summed E-state index contributed by atoms with van der Waals surface area (Å²) >= 11 is 0. The molecule has 0 saturated carbocycles. The molecule has 2 rings (SSSR count). The van der Waals surface area contributed by atoms with Gasteiger partial charge in [-0.3, -0.25) is 0 Å². The van der Waals surface area contributed by atoms with Gasteiger partial charge in [0.25, 0.3) is 0 Å². The molecule has 3 N–H and O–H groups in total. The van der Waals surface area contributed by atoms with Crippen LogP contribution in [0.5, 0.6) is 0 Å². The molecule has 0 amide bonds. The largest absolute Gasteiger partial charge is 0.391 e. The molecule has 21 heavy (non-hydrogen) atoms. The zero-order chi connectivity index (χ0) is 15.2. The van der Waals surface area contributed by atoms with E-state index in [0.29, 0.717) is 5.82 Å². The maximum atomic E-state index is 10.1. The van der Waals surface area contributed by atoms with Crippen molar-refractivity contribution in [3.8, 4) is 0 Å². The van der Waals surface area contributed by atoms with E-state index < -0.39 is 6.10 Å². The van der Waals surface area contributed by atoms with Crippen LogP contribution in [0.15, 0.2) is 36.4 Å².